The molecule has 8 heteroatoms. The van der Waals surface area contributed by atoms with Gasteiger partial charge in [0.25, 0.3) is 11.6 Å². The monoisotopic (exact) mass is 407 g/mol. The molecule has 0 aliphatic rings. The Hall–Kier alpha value is -3.89. The first-order chi connectivity index (χ1) is 13.9. The highest BCUT2D eigenvalue weighted by Crippen LogP contribution is 2.33. The van der Waals surface area contributed by atoms with Gasteiger partial charge in [0, 0.05) is 29.5 Å². The molecule has 1 N–H and O–H groups in total. The van der Waals surface area contributed by atoms with E-state index < -0.39 is 10.8 Å². The van der Waals surface area contributed by atoms with Crippen molar-refractivity contribution < 1.29 is 14.1 Å². The predicted molar refractivity (Wildman–Crippen MR) is 109 cm³/mol. The van der Waals surface area contributed by atoms with Crippen LogP contribution in [0.4, 0.5) is 11.4 Å². The number of hydrogen-bond donors (Lipinski definition) is 1. The average Bonchev–Trinajstić information content (AvgIpc) is 3.16. The summed E-state index contributed by atoms with van der Waals surface area (Å²) in [4.78, 5) is 22.8. The Morgan fingerprint density at radius 1 is 1.21 bits per heavy atom. The number of nitrogens with zero attached hydrogens (tertiary/aromatic N) is 2. The Kier molecular flexibility index (Phi) is 5.77. The number of carbonyl (C=O) groups is 1. The van der Waals surface area contributed by atoms with E-state index in [4.69, 9.17) is 16.0 Å². The number of anilines is 1. The van der Waals surface area contributed by atoms with Gasteiger partial charge in [-0.3, -0.25) is 14.9 Å². The summed E-state index contributed by atoms with van der Waals surface area (Å²) in [5.74, 6) is -0.0676. The van der Waals surface area contributed by atoms with Crippen LogP contribution in [0.1, 0.15) is 11.3 Å². The second kappa shape index (κ2) is 8.42. The molecule has 0 saturated carbocycles. The van der Waals surface area contributed by atoms with Gasteiger partial charge in [0.1, 0.15) is 23.2 Å². The average molecular weight is 408 g/mol. The molecule has 0 radical (unpaired) electrons. The lowest BCUT2D eigenvalue weighted by molar-refractivity contribution is -0.384. The fourth-order valence-corrected chi connectivity index (χ4v) is 2.73. The highest BCUT2D eigenvalue weighted by Gasteiger charge is 2.15. The molecule has 0 unspecified atom stereocenters. The summed E-state index contributed by atoms with van der Waals surface area (Å²) < 4.78 is 5.62. The van der Waals surface area contributed by atoms with Gasteiger partial charge in [-0.25, -0.2) is 0 Å². The molecule has 1 aromatic heterocycles. The molecule has 0 bridgehead atoms. The van der Waals surface area contributed by atoms with Gasteiger partial charge in [0.05, 0.1) is 9.95 Å². The molecular weight excluding hydrogens is 394 g/mol. The largest absolute Gasteiger partial charge is 0.457 e. The minimum Gasteiger partial charge on any atom is -0.457 e. The number of amides is 1. The number of halogens is 1. The summed E-state index contributed by atoms with van der Waals surface area (Å²) in [6, 6.07) is 16.1. The van der Waals surface area contributed by atoms with Crippen molar-refractivity contribution in [3.05, 3.63) is 86.6 Å². The number of nitrogens with one attached hydrogen (secondary N) is 1. The molecule has 0 aliphatic carbocycles. The summed E-state index contributed by atoms with van der Waals surface area (Å²) in [7, 11) is 0. The Balaban J connectivity index is 1.85. The number of rotatable bonds is 5. The number of nitro benzene ring substituents is 1. The van der Waals surface area contributed by atoms with E-state index in [1.807, 2.05) is 25.1 Å². The topological polar surface area (TPSA) is 109 Å². The smallest absolute Gasteiger partial charge is 0.270 e. The highest BCUT2D eigenvalue weighted by atomic mass is 35.5. The number of benzene rings is 2. The maximum absolute atomic E-state index is 12.3. The summed E-state index contributed by atoms with van der Waals surface area (Å²) in [5.41, 5.74) is 1.65. The third kappa shape index (κ3) is 4.69. The second-order valence-electron chi connectivity index (χ2n) is 6.11. The van der Waals surface area contributed by atoms with Crippen LogP contribution in [-0.4, -0.2) is 10.8 Å². The third-order valence-electron chi connectivity index (χ3n) is 4.01. The summed E-state index contributed by atoms with van der Waals surface area (Å²) in [5, 5.41) is 23.2. The van der Waals surface area contributed by atoms with Gasteiger partial charge in [-0.1, -0.05) is 29.3 Å². The first kappa shape index (κ1) is 19.9. The summed E-state index contributed by atoms with van der Waals surface area (Å²) in [6.07, 6.45) is 1.29. The fourth-order valence-electron chi connectivity index (χ4n) is 2.52. The fraction of sp³-hybridized carbons (Fsp3) is 0.0476. The zero-order valence-electron chi connectivity index (χ0n) is 15.2. The number of nitro groups is 1. The number of aryl methyl sites for hydroxylation is 1. The van der Waals surface area contributed by atoms with Crippen molar-refractivity contribution in [2.45, 2.75) is 6.92 Å². The Bertz CT molecular complexity index is 1160. The van der Waals surface area contributed by atoms with Crippen molar-refractivity contribution in [3.8, 4) is 17.4 Å². The number of furan rings is 1. The molecule has 29 heavy (non-hydrogen) atoms. The molecule has 0 aliphatic heterocycles. The van der Waals surface area contributed by atoms with Crippen molar-refractivity contribution in [2.24, 2.45) is 0 Å². The maximum Gasteiger partial charge on any atom is 0.270 e. The van der Waals surface area contributed by atoms with Crippen molar-refractivity contribution in [1.82, 2.24) is 0 Å². The number of carbonyl (C=O) groups excluding carboxylic acids is 1. The van der Waals surface area contributed by atoms with Crippen LogP contribution in [0.2, 0.25) is 5.02 Å². The normalized spacial score (nSPS) is 11.0. The van der Waals surface area contributed by atoms with Crippen LogP contribution < -0.4 is 5.32 Å². The van der Waals surface area contributed by atoms with Gasteiger partial charge in [0.2, 0.25) is 0 Å². The van der Waals surface area contributed by atoms with E-state index >= 15 is 0 Å². The molecular formula is C21H14ClN3O4. The zero-order chi connectivity index (χ0) is 21.0. The standard InChI is InChI=1S/C21H14ClN3O4/c1-13-2-4-15(5-3-13)24-21(26)14(12-23)10-17-7-9-20(29-17)18-11-16(25(27)28)6-8-19(18)22/h2-11H,1H3,(H,24,26)/b14-10+. The molecule has 0 fully saturated rings. The second-order valence-corrected chi connectivity index (χ2v) is 6.52. The third-order valence-corrected chi connectivity index (χ3v) is 4.34. The minimum absolute atomic E-state index is 0.131. The molecule has 3 aromatic rings. The molecule has 2 aromatic carbocycles. The van der Waals surface area contributed by atoms with E-state index in [1.165, 1.54) is 24.3 Å². The van der Waals surface area contributed by atoms with E-state index in [-0.39, 0.29) is 27.8 Å². The molecule has 3 rings (SSSR count). The first-order valence-corrected chi connectivity index (χ1v) is 8.79. The molecule has 144 valence electrons. The lowest BCUT2D eigenvalue weighted by atomic mass is 10.1. The molecule has 0 saturated heterocycles. The lowest BCUT2D eigenvalue weighted by Crippen LogP contribution is -2.13. The quantitative estimate of drug-likeness (QED) is 0.265. The Labute approximate surface area is 171 Å². The van der Waals surface area contributed by atoms with Crippen LogP contribution in [0.5, 0.6) is 0 Å². The van der Waals surface area contributed by atoms with E-state index in [0.717, 1.165) is 5.56 Å². The lowest BCUT2D eigenvalue weighted by Gasteiger charge is -2.04. The van der Waals surface area contributed by atoms with Crippen LogP contribution in [0.15, 0.2) is 64.6 Å². The number of non-ortho nitro benzene ring substituents is 1. The van der Waals surface area contributed by atoms with Gasteiger partial charge in [0.15, 0.2) is 0 Å². The number of nitriles is 1. The number of hydrogen-bond acceptors (Lipinski definition) is 5. The van der Waals surface area contributed by atoms with Gasteiger partial charge in [-0.2, -0.15) is 5.26 Å². The molecule has 7 nitrogen and oxygen atoms in total. The zero-order valence-corrected chi connectivity index (χ0v) is 15.9. The minimum atomic E-state index is -0.581. The molecule has 1 heterocycles. The van der Waals surface area contributed by atoms with Crippen LogP contribution in [0.3, 0.4) is 0 Å². The van der Waals surface area contributed by atoms with Crippen LogP contribution >= 0.6 is 11.6 Å². The predicted octanol–water partition coefficient (Wildman–Crippen LogP) is 5.36. The van der Waals surface area contributed by atoms with Crippen molar-refractivity contribution in [2.75, 3.05) is 5.32 Å². The van der Waals surface area contributed by atoms with Crippen LogP contribution in [-0.2, 0) is 4.79 Å². The molecule has 1 amide bonds. The van der Waals surface area contributed by atoms with Gasteiger partial charge in [-0.15, -0.1) is 0 Å². The molecule has 0 spiro atoms. The van der Waals surface area contributed by atoms with Crippen LogP contribution in [0.25, 0.3) is 17.4 Å². The first-order valence-electron chi connectivity index (χ1n) is 8.41. The molecule has 0 atom stereocenters. The van der Waals surface area contributed by atoms with Crippen molar-refractivity contribution in [3.63, 3.8) is 0 Å². The SMILES string of the molecule is Cc1ccc(NC(=O)/C(C#N)=C/c2ccc(-c3cc([N+](=O)[O-])ccc3Cl)o2)cc1. The van der Waals surface area contributed by atoms with Gasteiger partial charge >= 0.3 is 0 Å². The summed E-state index contributed by atoms with van der Waals surface area (Å²) >= 11 is 6.12. The Morgan fingerprint density at radius 2 is 1.93 bits per heavy atom. The summed E-state index contributed by atoms with van der Waals surface area (Å²) in [6.45, 7) is 1.92. The van der Waals surface area contributed by atoms with E-state index in [9.17, 15) is 20.2 Å². The van der Waals surface area contributed by atoms with Crippen molar-refractivity contribution >= 4 is 35.0 Å². The van der Waals surface area contributed by atoms with E-state index in [0.29, 0.717) is 11.3 Å². The Morgan fingerprint density at radius 3 is 2.59 bits per heavy atom. The van der Waals surface area contributed by atoms with Crippen molar-refractivity contribution in [1.29, 1.82) is 5.26 Å². The van der Waals surface area contributed by atoms with Crippen LogP contribution in [0, 0.1) is 28.4 Å². The van der Waals surface area contributed by atoms with E-state index in [2.05, 4.69) is 5.32 Å². The maximum atomic E-state index is 12.3. The highest BCUT2D eigenvalue weighted by molar-refractivity contribution is 6.33. The van der Waals surface area contributed by atoms with Gasteiger partial charge in [-0.05, 0) is 37.3 Å². The van der Waals surface area contributed by atoms with E-state index in [1.54, 1.807) is 24.3 Å². The van der Waals surface area contributed by atoms with Gasteiger partial charge < -0.3 is 9.73 Å².